The molecule has 0 aliphatic carbocycles. The van der Waals surface area contributed by atoms with E-state index in [9.17, 15) is 4.79 Å². The van der Waals surface area contributed by atoms with E-state index in [1.165, 1.54) is 5.56 Å². The first-order valence-electron chi connectivity index (χ1n) is 8.13. The fraction of sp³-hybridized carbons (Fsp3) is 0.444. The van der Waals surface area contributed by atoms with Gasteiger partial charge in [0.05, 0.1) is 23.9 Å². The minimum absolute atomic E-state index is 0.0604. The molecule has 0 saturated carbocycles. The summed E-state index contributed by atoms with van der Waals surface area (Å²) in [6.07, 6.45) is 2.25. The number of amides is 1. The van der Waals surface area contributed by atoms with E-state index in [1.54, 1.807) is 0 Å². The number of carbonyl (C=O) groups is 1. The molecule has 122 valence electrons. The van der Waals surface area contributed by atoms with Crippen LogP contribution in [0.2, 0.25) is 0 Å². The first-order chi connectivity index (χ1) is 11.1. The number of carbonyl (C=O) groups excluding carboxylic acids is 1. The van der Waals surface area contributed by atoms with E-state index < -0.39 is 0 Å². The van der Waals surface area contributed by atoms with Crippen molar-refractivity contribution in [3.05, 3.63) is 52.8 Å². The molecular weight excluding hydrogens is 290 g/mol. The van der Waals surface area contributed by atoms with Crippen molar-refractivity contribution in [1.29, 1.82) is 0 Å². The Morgan fingerprint density at radius 2 is 2.13 bits per heavy atom. The molecule has 5 heteroatoms. The van der Waals surface area contributed by atoms with Gasteiger partial charge in [0, 0.05) is 18.8 Å². The van der Waals surface area contributed by atoms with Crippen molar-refractivity contribution in [2.24, 2.45) is 0 Å². The molecule has 1 fully saturated rings. The van der Waals surface area contributed by atoms with Gasteiger partial charge in [-0.05, 0) is 32.3 Å². The summed E-state index contributed by atoms with van der Waals surface area (Å²) >= 11 is 0. The maximum atomic E-state index is 12.5. The number of nitrogens with zero attached hydrogens (tertiary/aromatic N) is 2. The van der Waals surface area contributed by atoms with Gasteiger partial charge in [0.2, 0.25) is 0 Å². The lowest BCUT2D eigenvalue weighted by molar-refractivity contribution is 0.0856. The van der Waals surface area contributed by atoms with Crippen LogP contribution in [0.25, 0.3) is 0 Å². The molecular formula is C18H23N3O2. The van der Waals surface area contributed by atoms with Gasteiger partial charge in [-0.3, -0.25) is 9.48 Å². The fourth-order valence-electron chi connectivity index (χ4n) is 3.04. The first-order valence-corrected chi connectivity index (χ1v) is 8.13. The average Bonchev–Trinajstić information content (AvgIpc) is 3.15. The molecule has 1 atom stereocenters. The maximum absolute atomic E-state index is 12.5. The van der Waals surface area contributed by atoms with Gasteiger partial charge in [0.1, 0.15) is 0 Å². The molecule has 1 saturated heterocycles. The Bertz CT molecular complexity index is 673. The van der Waals surface area contributed by atoms with Crippen molar-refractivity contribution in [1.82, 2.24) is 15.1 Å². The van der Waals surface area contributed by atoms with Crippen molar-refractivity contribution in [2.45, 2.75) is 39.3 Å². The molecule has 0 unspecified atom stereocenters. The summed E-state index contributed by atoms with van der Waals surface area (Å²) in [4.78, 5) is 12.5. The molecule has 0 spiro atoms. The molecule has 0 radical (unpaired) electrons. The van der Waals surface area contributed by atoms with Crippen molar-refractivity contribution in [2.75, 3.05) is 13.2 Å². The molecule has 1 aromatic carbocycles. The van der Waals surface area contributed by atoms with E-state index in [2.05, 4.69) is 22.5 Å². The highest BCUT2D eigenvalue weighted by molar-refractivity contribution is 5.96. The van der Waals surface area contributed by atoms with Gasteiger partial charge in [0.15, 0.2) is 0 Å². The Kier molecular flexibility index (Phi) is 4.76. The zero-order chi connectivity index (χ0) is 16.2. The highest BCUT2D eigenvalue weighted by Crippen LogP contribution is 2.16. The van der Waals surface area contributed by atoms with Crippen molar-refractivity contribution >= 4 is 5.91 Å². The van der Waals surface area contributed by atoms with Crippen LogP contribution >= 0.6 is 0 Å². The number of aryl methyl sites for hydroxylation is 1. The normalized spacial score (nSPS) is 17.4. The third-order valence-electron chi connectivity index (χ3n) is 4.30. The summed E-state index contributed by atoms with van der Waals surface area (Å²) in [5, 5.41) is 7.51. The summed E-state index contributed by atoms with van der Waals surface area (Å²) < 4.78 is 7.44. The monoisotopic (exact) mass is 313 g/mol. The Hall–Kier alpha value is -2.14. The van der Waals surface area contributed by atoms with Gasteiger partial charge in [-0.15, -0.1) is 0 Å². The predicted octanol–water partition coefficient (Wildman–Crippen LogP) is 2.46. The average molecular weight is 313 g/mol. The Balaban J connectivity index is 1.70. The van der Waals surface area contributed by atoms with Crippen molar-refractivity contribution in [3.8, 4) is 0 Å². The second-order valence-corrected chi connectivity index (χ2v) is 6.03. The third kappa shape index (κ3) is 3.62. The Labute approximate surface area is 136 Å². The molecule has 1 aliphatic heterocycles. The molecule has 2 heterocycles. The number of aromatic nitrogens is 2. The number of hydrogen-bond donors (Lipinski definition) is 1. The van der Waals surface area contributed by atoms with Gasteiger partial charge in [0.25, 0.3) is 5.91 Å². The van der Waals surface area contributed by atoms with Crippen LogP contribution in [0.4, 0.5) is 0 Å². The Morgan fingerprint density at radius 1 is 1.35 bits per heavy atom. The van der Waals surface area contributed by atoms with Crippen molar-refractivity contribution < 1.29 is 9.53 Å². The smallest absolute Gasteiger partial charge is 0.255 e. The highest BCUT2D eigenvalue weighted by atomic mass is 16.5. The molecule has 1 N–H and O–H groups in total. The van der Waals surface area contributed by atoms with E-state index in [0.717, 1.165) is 30.8 Å². The second kappa shape index (κ2) is 6.96. The van der Waals surface area contributed by atoms with E-state index in [4.69, 9.17) is 4.74 Å². The summed E-state index contributed by atoms with van der Waals surface area (Å²) in [7, 11) is 0. The number of hydrogen-bond acceptors (Lipinski definition) is 3. The fourth-order valence-corrected chi connectivity index (χ4v) is 3.04. The molecule has 23 heavy (non-hydrogen) atoms. The maximum Gasteiger partial charge on any atom is 0.255 e. The van der Waals surface area contributed by atoms with Gasteiger partial charge >= 0.3 is 0 Å². The summed E-state index contributed by atoms with van der Waals surface area (Å²) in [5.74, 6) is -0.0604. The lowest BCUT2D eigenvalue weighted by atomic mass is 10.1. The van der Waals surface area contributed by atoms with Crippen LogP contribution in [-0.4, -0.2) is 34.9 Å². The van der Waals surface area contributed by atoms with E-state index in [0.29, 0.717) is 18.7 Å². The SMILES string of the molecule is Cc1nn(Cc2ccccc2)c(C)c1C(=O)NC[C@@H]1CCCO1. The van der Waals surface area contributed by atoms with Gasteiger partial charge in [-0.2, -0.15) is 5.10 Å². The van der Waals surface area contributed by atoms with Crippen LogP contribution in [0.15, 0.2) is 30.3 Å². The number of rotatable bonds is 5. The Morgan fingerprint density at radius 3 is 2.83 bits per heavy atom. The first kappa shape index (κ1) is 15.7. The summed E-state index contributed by atoms with van der Waals surface area (Å²) in [6.45, 7) is 5.88. The van der Waals surface area contributed by atoms with E-state index in [-0.39, 0.29) is 12.0 Å². The van der Waals surface area contributed by atoms with Gasteiger partial charge < -0.3 is 10.1 Å². The number of nitrogens with one attached hydrogen (secondary N) is 1. The van der Waals surface area contributed by atoms with Gasteiger partial charge in [-0.25, -0.2) is 0 Å². The molecule has 2 aromatic rings. The third-order valence-corrected chi connectivity index (χ3v) is 4.30. The van der Waals surface area contributed by atoms with Crippen LogP contribution in [-0.2, 0) is 11.3 Å². The second-order valence-electron chi connectivity index (χ2n) is 6.03. The summed E-state index contributed by atoms with van der Waals surface area (Å²) in [5.41, 5.74) is 3.52. The van der Waals surface area contributed by atoms with Crippen LogP contribution in [0.5, 0.6) is 0 Å². The molecule has 0 bridgehead atoms. The van der Waals surface area contributed by atoms with Gasteiger partial charge in [-0.1, -0.05) is 30.3 Å². The van der Waals surface area contributed by atoms with Crippen LogP contribution in [0, 0.1) is 13.8 Å². The lowest BCUT2D eigenvalue weighted by Gasteiger charge is -2.11. The van der Waals surface area contributed by atoms with Crippen LogP contribution < -0.4 is 5.32 Å². The quantitative estimate of drug-likeness (QED) is 0.922. The van der Waals surface area contributed by atoms with E-state index >= 15 is 0 Å². The zero-order valence-corrected chi connectivity index (χ0v) is 13.7. The molecule has 1 aromatic heterocycles. The van der Waals surface area contributed by atoms with E-state index in [1.807, 2.05) is 36.7 Å². The van der Waals surface area contributed by atoms with Crippen LogP contribution in [0.3, 0.4) is 0 Å². The summed E-state index contributed by atoms with van der Waals surface area (Å²) in [6, 6.07) is 10.1. The lowest BCUT2D eigenvalue weighted by Crippen LogP contribution is -2.32. The number of benzene rings is 1. The molecule has 1 amide bonds. The minimum atomic E-state index is -0.0604. The standard InChI is InChI=1S/C18H23N3O2/c1-13-17(18(22)19-11-16-9-6-10-23-16)14(2)21(20-13)12-15-7-4-3-5-8-15/h3-5,7-8,16H,6,9-12H2,1-2H3,(H,19,22)/t16-/m0/s1. The highest BCUT2D eigenvalue weighted by Gasteiger charge is 2.21. The predicted molar refractivity (Wildman–Crippen MR) is 88.6 cm³/mol. The largest absolute Gasteiger partial charge is 0.376 e. The zero-order valence-electron chi connectivity index (χ0n) is 13.7. The number of ether oxygens (including phenoxy) is 1. The molecule has 1 aliphatic rings. The molecule has 3 rings (SSSR count). The molecule has 5 nitrogen and oxygen atoms in total. The van der Waals surface area contributed by atoms with Crippen molar-refractivity contribution in [3.63, 3.8) is 0 Å². The van der Waals surface area contributed by atoms with Crippen LogP contribution in [0.1, 0.15) is 40.2 Å². The topological polar surface area (TPSA) is 56.2 Å². The minimum Gasteiger partial charge on any atom is -0.376 e.